The first-order valence-electron chi connectivity index (χ1n) is 11.4. The predicted octanol–water partition coefficient (Wildman–Crippen LogP) is 1.10. The van der Waals surface area contributed by atoms with Gasteiger partial charge in [0.25, 0.3) is 5.91 Å². The molecule has 13 heteroatoms. The highest BCUT2D eigenvalue weighted by Gasteiger charge is 2.27. The maximum absolute atomic E-state index is 14.8. The van der Waals surface area contributed by atoms with Gasteiger partial charge in [0, 0.05) is 50.8 Å². The number of rotatable bonds is 9. The lowest BCUT2D eigenvalue weighted by Crippen LogP contribution is -2.48. The summed E-state index contributed by atoms with van der Waals surface area (Å²) in [6.07, 6.45) is 3.34. The zero-order chi connectivity index (χ0) is 26.4. The molecule has 37 heavy (non-hydrogen) atoms. The molecule has 2 aromatic carbocycles. The molecule has 0 bridgehead atoms. The van der Waals surface area contributed by atoms with Crippen molar-refractivity contribution in [2.24, 2.45) is 0 Å². The summed E-state index contributed by atoms with van der Waals surface area (Å²) in [6, 6.07) is 11.5. The second-order valence-electron chi connectivity index (χ2n) is 8.22. The number of carbonyl (C=O) groups is 2. The molecule has 0 unspecified atom stereocenters. The molecule has 1 aromatic heterocycles. The van der Waals surface area contributed by atoms with Crippen LogP contribution in [0.4, 0.5) is 16.0 Å². The first kappa shape index (κ1) is 26.0. The number of amides is 1. The molecule has 1 amide bonds. The van der Waals surface area contributed by atoms with E-state index in [1.54, 1.807) is 30.6 Å². The highest BCUT2D eigenvalue weighted by molar-refractivity contribution is 7.89. The molecule has 1 atom stereocenters. The molecule has 0 radical (unpaired) electrons. The number of halogens is 1. The van der Waals surface area contributed by atoms with Crippen LogP contribution in [0, 0.1) is 5.82 Å². The van der Waals surface area contributed by atoms with Crippen molar-refractivity contribution in [2.45, 2.75) is 10.9 Å². The number of hydrogen-bond acceptors (Lipinski definition) is 8. The van der Waals surface area contributed by atoms with E-state index in [0.717, 1.165) is 0 Å². The topological polar surface area (TPSA) is 145 Å². The van der Waals surface area contributed by atoms with Crippen LogP contribution in [0.25, 0.3) is 0 Å². The van der Waals surface area contributed by atoms with Crippen LogP contribution < -0.4 is 19.8 Å². The van der Waals surface area contributed by atoms with Gasteiger partial charge in [-0.25, -0.2) is 22.8 Å². The van der Waals surface area contributed by atoms with E-state index in [1.165, 1.54) is 36.4 Å². The zero-order valence-corrected chi connectivity index (χ0v) is 20.4. The molecule has 3 aromatic rings. The number of sulfonamides is 1. The van der Waals surface area contributed by atoms with Crippen LogP contribution in [-0.4, -0.2) is 74.1 Å². The molecule has 194 valence electrons. The Hall–Kier alpha value is -4.10. The molecule has 0 aliphatic carbocycles. The summed E-state index contributed by atoms with van der Waals surface area (Å²) >= 11 is 0. The minimum absolute atomic E-state index is 0.119. The molecule has 1 aliphatic heterocycles. The van der Waals surface area contributed by atoms with Crippen molar-refractivity contribution in [1.29, 1.82) is 0 Å². The van der Waals surface area contributed by atoms with Gasteiger partial charge in [-0.15, -0.1) is 0 Å². The van der Waals surface area contributed by atoms with Crippen molar-refractivity contribution in [1.82, 2.24) is 20.0 Å². The van der Waals surface area contributed by atoms with Crippen molar-refractivity contribution < 1.29 is 27.5 Å². The third-order valence-electron chi connectivity index (χ3n) is 5.79. The van der Waals surface area contributed by atoms with E-state index in [2.05, 4.69) is 15.3 Å². The van der Waals surface area contributed by atoms with Gasteiger partial charge in [-0.1, -0.05) is 18.2 Å². The van der Waals surface area contributed by atoms with Gasteiger partial charge in [0.2, 0.25) is 16.0 Å². The summed E-state index contributed by atoms with van der Waals surface area (Å²) in [5.41, 5.74) is 0.317. The zero-order valence-electron chi connectivity index (χ0n) is 19.6. The fraction of sp³-hybridized carbons (Fsp3) is 0.250. The quantitative estimate of drug-likeness (QED) is 0.372. The van der Waals surface area contributed by atoms with Gasteiger partial charge in [-0.05, 0) is 36.4 Å². The van der Waals surface area contributed by atoms with Crippen molar-refractivity contribution in [2.75, 3.05) is 42.5 Å². The molecule has 0 saturated carbocycles. The van der Waals surface area contributed by atoms with Gasteiger partial charge >= 0.3 is 5.97 Å². The minimum atomic E-state index is -4.14. The number of carboxylic acid groups (broad SMARTS) is 1. The lowest BCUT2D eigenvalue weighted by atomic mass is 10.1. The first-order valence-corrected chi connectivity index (χ1v) is 12.9. The van der Waals surface area contributed by atoms with Crippen LogP contribution in [0.5, 0.6) is 0 Å². The van der Waals surface area contributed by atoms with Crippen molar-refractivity contribution in [3.8, 4) is 0 Å². The Labute approximate surface area is 213 Å². The average molecular weight is 529 g/mol. The average Bonchev–Trinajstić information content (AvgIpc) is 2.91. The molecule has 0 spiro atoms. The Morgan fingerprint density at radius 1 is 0.973 bits per heavy atom. The number of benzene rings is 2. The van der Waals surface area contributed by atoms with Gasteiger partial charge < -0.3 is 20.2 Å². The van der Waals surface area contributed by atoms with Gasteiger partial charge in [-0.2, -0.15) is 4.72 Å². The smallest absolute Gasteiger partial charge is 0.323 e. The highest BCUT2D eigenvalue weighted by Crippen LogP contribution is 2.21. The number of nitrogens with one attached hydrogen (secondary N) is 2. The number of aromatic nitrogens is 2. The number of carboxylic acids is 1. The number of aliphatic carboxylic acids is 1. The van der Waals surface area contributed by atoms with Crippen molar-refractivity contribution >= 4 is 33.5 Å². The Balaban J connectivity index is 1.36. The van der Waals surface area contributed by atoms with E-state index >= 15 is 0 Å². The number of anilines is 2. The number of piperazine rings is 1. The molecular weight excluding hydrogens is 503 g/mol. The SMILES string of the molecule is O=C(NC[C@H](NS(=O)(=O)c1ccccc1)C(=O)O)c1ccc(N2CCN(c3ncccn3)CC2)cc1F. The van der Waals surface area contributed by atoms with E-state index < -0.39 is 40.3 Å². The Bertz CT molecular complexity index is 1350. The Kier molecular flexibility index (Phi) is 7.94. The van der Waals surface area contributed by atoms with Gasteiger partial charge in [0.05, 0.1) is 10.5 Å². The lowest BCUT2D eigenvalue weighted by molar-refractivity contribution is -0.138. The maximum Gasteiger partial charge on any atom is 0.323 e. The van der Waals surface area contributed by atoms with E-state index in [0.29, 0.717) is 37.8 Å². The molecule has 3 N–H and O–H groups in total. The van der Waals surface area contributed by atoms with E-state index in [-0.39, 0.29) is 10.5 Å². The fourth-order valence-corrected chi connectivity index (χ4v) is 5.04. The summed E-state index contributed by atoms with van der Waals surface area (Å²) in [7, 11) is -4.14. The van der Waals surface area contributed by atoms with Crippen LogP contribution >= 0.6 is 0 Å². The van der Waals surface area contributed by atoms with E-state index in [1.807, 2.05) is 14.5 Å². The third kappa shape index (κ3) is 6.37. The fourth-order valence-electron chi connectivity index (χ4n) is 3.83. The highest BCUT2D eigenvalue weighted by atomic mass is 32.2. The van der Waals surface area contributed by atoms with Gasteiger partial charge in [0.15, 0.2) is 0 Å². The van der Waals surface area contributed by atoms with Crippen LogP contribution in [0.3, 0.4) is 0 Å². The van der Waals surface area contributed by atoms with Crippen LogP contribution in [0.15, 0.2) is 71.9 Å². The molecule has 11 nitrogen and oxygen atoms in total. The largest absolute Gasteiger partial charge is 0.480 e. The summed E-state index contributed by atoms with van der Waals surface area (Å²) in [5, 5.41) is 11.7. The summed E-state index contributed by atoms with van der Waals surface area (Å²) in [6.45, 7) is 1.91. The van der Waals surface area contributed by atoms with Crippen molar-refractivity contribution in [3.05, 3.63) is 78.4 Å². The minimum Gasteiger partial charge on any atom is -0.480 e. The number of nitrogens with zero attached hydrogens (tertiary/aromatic N) is 4. The summed E-state index contributed by atoms with van der Waals surface area (Å²) in [5.74, 6) is -2.50. The standard InChI is InChI=1S/C24H25FN6O5S/c25-20-15-17(30-11-13-31(14-12-30)24-26-9-4-10-27-24)7-8-19(20)22(32)28-16-21(23(33)34)29-37(35,36)18-5-2-1-3-6-18/h1-10,15,21,29H,11-14,16H2,(H,28,32)(H,33,34)/t21-/m0/s1. The van der Waals surface area contributed by atoms with Crippen molar-refractivity contribution in [3.63, 3.8) is 0 Å². The molecule has 2 heterocycles. The van der Waals surface area contributed by atoms with Gasteiger partial charge in [-0.3, -0.25) is 9.59 Å². The molecule has 1 fully saturated rings. The number of hydrogen-bond donors (Lipinski definition) is 3. The van der Waals surface area contributed by atoms with Gasteiger partial charge in [0.1, 0.15) is 11.9 Å². The Morgan fingerprint density at radius 3 is 2.24 bits per heavy atom. The maximum atomic E-state index is 14.8. The molecule has 1 saturated heterocycles. The van der Waals surface area contributed by atoms with Crippen LogP contribution in [0.2, 0.25) is 0 Å². The van der Waals surface area contributed by atoms with E-state index in [4.69, 9.17) is 0 Å². The number of carbonyl (C=O) groups excluding carboxylic acids is 1. The summed E-state index contributed by atoms with van der Waals surface area (Å²) in [4.78, 5) is 36.5. The van der Waals surface area contributed by atoms with Crippen LogP contribution in [0.1, 0.15) is 10.4 Å². The lowest BCUT2D eigenvalue weighted by Gasteiger charge is -2.36. The third-order valence-corrected chi connectivity index (χ3v) is 7.28. The normalized spacial score (nSPS) is 14.7. The summed E-state index contributed by atoms with van der Waals surface area (Å²) < 4.78 is 41.8. The van der Waals surface area contributed by atoms with E-state index in [9.17, 15) is 27.5 Å². The second kappa shape index (κ2) is 11.3. The van der Waals surface area contributed by atoms with Crippen LogP contribution in [-0.2, 0) is 14.8 Å². The molecular formula is C24H25FN6O5S. The Morgan fingerprint density at radius 2 is 1.62 bits per heavy atom. The second-order valence-corrected chi connectivity index (χ2v) is 9.94. The predicted molar refractivity (Wildman–Crippen MR) is 133 cm³/mol. The first-order chi connectivity index (χ1) is 17.7. The molecule has 1 aliphatic rings. The molecule has 4 rings (SSSR count). The monoisotopic (exact) mass is 528 g/mol.